The lowest BCUT2D eigenvalue weighted by atomic mass is 9.96. The van der Waals surface area contributed by atoms with Gasteiger partial charge in [0, 0.05) is 16.8 Å². The van der Waals surface area contributed by atoms with E-state index in [1.54, 1.807) is 0 Å². The summed E-state index contributed by atoms with van der Waals surface area (Å²) in [6.45, 7) is 2.10. The lowest BCUT2D eigenvalue weighted by Gasteiger charge is -2.20. The highest BCUT2D eigenvalue weighted by atomic mass is 15.4. The van der Waals surface area contributed by atoms with Crippen molar-refractivity contribution in [2.45, 2.75) is 32.6 Å². The van der Waals surface area contributed by atoms with E-state index in [4.69, 9.17) is 15.1 Å². The van der Waals surface area contributed by atoms with Crippen LogP contribution in [-0.2, 0) is 12.8 Å². The van der Waals surface area contributed by atoms with Gasteiger partial charge in [0.1, 0.15) is 5.82 Å². The second-order valence-corrected chi connectivity index (χ2v) is 7.10. The minimum absolute atomic E-state index is 0.657. The van der Waals surface area contributed by atoms with E-state index < -0.39 is 0 Å². The van der Waals surface area contributed by atoms with E-state index in [0.717, 1.165) is 35.6 Å². The van der Waals surface area contributed by atoms with Crippen LogP contribution in [0.5, 0.6) is 0 Å². The highest BCUT2D eigenvalue weighted by molar-refractivity contribution is 5.65. The maximum Gasteiger partial charge on any atom is 0.254 e. The molecule has 5 nitrogen and oxygen atoms in total. The number of aryl methyl sites for hydroxylation is 2. The molecule has 1 N–H and O–H groups in total. The van der Waals surface area contributed by atoms with Gasteiger partial charge in [-0.15, -0.1) is 5.10 Å². The van der Waals surface area contributed by atoms with Crippen LogP contribution in [0.1, 0.15) is 29.7 Å². The minimum Gasteiger partial charge on any atom is -0.340 e. The number of nitrogens with zero attached hydrogens (tertiary/aromatic N) is 4. The van der Waals surface area contributed by atoms with Crippen LogP contribution in [0.3, 0.4) is 0 Å². The second kappa shape index (κ2) is 6.50. The maximum absolute atomic E-state index is 4.83. The number of hydrogen-bond donors (Lipinski definition) is 1. The van der Waals surface area contributed by atoms with Crippen molar-refractivity contribution in [3.05, 3.63) is 71.4 Å². The number of hydrogen-bond acceptors (Lipinski definition) is 4. The first-order chi connectivity index (χ1) is 13.3. The Morgan fingerprint density at radius 3 is 2.48 bits per heavy atom. The quantitative estimate of drug-likeness (QED) is 0.578. The Labute approximate surface area is 158 Å². The number of rotatable bonds is 3. The van der Waals surface area contributed by atoms with Crippen molar-refractivity contribution in [2.75, 3.05) is 5.32 Å². The average molecular weight is 355 g/mol. The van der Waals surface area contributed by atoms with Gasteiger partial charge >= 0.3 is 0 Å². The standard InChI is InChI=1S/C22H21N5/c1-15-11-13-17(14-12-15)23-21-18-9-5-6-10-19(18)24-22-25-20(26-27(21)22)16-7-3-2-4-8-16/h2-4,7-8,11-14,23H,5-6,9-10H2,1H3. The SMILES string of the molecule is Cc1ccc(Nc2c3c(nc4nc(-c5ccccc5)nn24)CCCC3)cc1. The lowest BCUT2D eigenvalue weighted by molar-refractivity contribution is 0.662. The molecule has 4 aromatic rings. The van der Waals surface area contributed by atoms with Crippen LogP contribution in [0.25, 0.3) is 17.2 Å². The molecule has 2 aromatic heterocycles. The fraction of sp³-hybridized carbons (Fsp3) is 0.227. The van der Waals surface area contributed by atoms with E-state index in [-0.39, 0.29) is 0 Å². The monoisotopic (exact) mass is 355 g/mol. The highest BCUT2D eigenvalue weighted by Crippen LogP contribution is 2.30. The molecule has 1 aliphatic carbocycles. The van der Waals surface area contributed by atoms with E-state index in [2.05, 4.69) is 36.5 Å². The topological polar surface area (TPSA) is 55.1 Å². The molecule has 0 saturated heterocycles. The predicted octanol–water partition coefficient (Wildman–Crippen LogP) is 4.72. The third kappa shape index (κ3) is 2.95. The van der Waals surface area contributed by atoms with E-state index in [9.17, 15) is 0 Å². The Hall–Kier alpha value is -3.21. The van der Waals surface area contributed by atoms with Gasteiger partial charge in [0.15, 0.2) is 5.82 Å². The van der Waals surface area contributed by atoms with Gasteiger partial charge in [-0.3, -0.25) is 0 Å². The van der Waals surface area contributed by atoms with E-state index in [1.807, 2.05) is 34.8 Å². The normalized spacial score (nSPS) is 13.5. The van der Waals surface area contributed by atoms with Crippen LogP contribution in [0.2, 0.25) is 0 Å². The second-order valence-electron chi connectivity index (χ2n) is 7.10. The maximum atomic E-state index is 4.83. The number of nitrogens with one attached hydrogen (secondary N) is 1. The van der Waals surface area contributed by atoms with E-state index >= 15 is 0 Å². The van der Waals surface area contributed by atoms with Crippen LogP contribution < -0.4 is 5.32 Å². The van der Waals surface area contributed by atoms with Crippen molar-refractivity contribution in [3.63, 3.8) is 0 Å². The summed E-state index contributed by atoms with van der Waals surface area (Å²) in [4.78, 5) is 9.54. The Morgan fingerprint density at radius 1 is 0.889 bits per heavy atom. The Kier molecular flexibility index (Phi) is 3.85. The van der Waals surface area contributed by atoms with Gasteiger partial charge in [-0.25, -0.2) is 4.98 Å². The summed E-state index contributed by atoms with van der Waals surface area (Å²) in [5, 5.41) is 8.37. The van der Waals surface area contributed by atoms with Crippen LogP contribution in [0, 0.1) is 6.92 Å². The summed E-state index contributed by atoms with van der Waals surface area (Å²) < 4.78 is 1.87. The zero-order valence-electron chi connectivity index (χ0n) is 15.3. The zero-order valence-corrected chi connectivity index (χ0v) is 15.3. The van der Waals surface area contributed by atoms with Gasteiger partial charge in [0.2, 0.25) is 0 Å². The van der Waals surface area contributed by atoms with Crippen LogP contribution in [0.4, 0.5) is 11.5 Å². The van der Waals surface area contributed by atoms with E-state index in [0.29, 0.717) is 11.6 Å². The fourth-order valence-electron chi connectivity index (χ4n) is 3.65. The van der Waals surface area contributed by atoms with Crippen molar-refractivity contribution < 1.29 is 0 Å². The fourth-order valence-corrected chi connectivity index (χ4v) is 3.65. The van der Waals surface area contributed by atoms with Crippen molar-refractivity contribution >= 4 is 17.3 Å². The van der Waals surface area contributed by atoms with Crippen LogP contribution in [0.15, 0.2) is 54.6 Å². The molecule has 0 fully saturated rings. The molecule has 0 amide bonds. The third-order valence-electron chi connectivity index (χ3n) is 5.11. The van der Waals surface area contributed by atoms with Crippen molar-refractivity contribution in [1.82, 2.24) is 19.6 Å². The first kappa shape index (κ1) is 16.0. The molecule has 0 saturated carbocycles. The first-order valence-electron chi connectivity index (χ1n) is 9.45. The molecule has 2 heterocycles. The van der Waals surface area contributed by atoms with Crippen molar-refractivity contribution in [1.29, 1.82) is 0 Å². The number of benzene rings is 2. The lowest BCUT2D eigenvalue weighted by Crippen LogP contribution is -2.13. The Morgan fingerprint density at radius 2 is 1.67 bits per heavy atom. The molecule has 5 heteroatoms. The van der Waals surface area contributed by atoms with Crippen molar-refractivity contribution in [2.24, 2.45) is 0 Å². The van der Waals surface area contributed by atoms with Crippen LogP contribution in [-0.4, -0.2) is 19.6 Å². The zero-order chi connectivity index (χ0) is 18.2. The molecular formula is C22H21N5. The summed E-state index contributed by atoms with van der Waals surface area (Å²) in [7, 11) is 0. The predicted molar refractivity (Wildman–Crippen MR) is 107 cm³/mol. The molecule has 0 aliphatic heterocycles. The van der Waals surface area contributed by atoms with Gasteiger partial charge in [0.25, 0.3) is 5.78 Å². The van der Waals surface area contributed by atoms with Crippen LogP contribution >= 0.6 is 0 Å². The van der Waals surface area contributed by atoms with Gasteiger partial charge < -0.3 is 5.32 Å². The molecule has 134 valence electrons. The third-order valence-corrected chi connectivity index (χ3v) is 5.11. The summed E-state index contributed by atoms with van der Waals surface area (Å²) >= 11 is 0. The molecule has 27 heavy (non-hydrogen) atoms. The largest absolute Gasteiger partial charge is 0.340 e. The summed E-state index contributed by atoms with van der Waals surface area (Å²) in [5.41, 5.74) is 5.71. The van der Waals surface area contributed by atoms with Gasteiger partial charge in [0.05, 0.1) is 5.69 Å². The smallest absolute Gasteiger partial charge is 0.254 e. The molecule has 0 bridgehead atoms. The van der Waals surface area contributed by atoms with Gasteiger partial charge in [-0.1, -0.05) is 48.0 Å². The first-order valence-corrected chi connectivity index (χ1v) is 9.45. The average Bonchev–Trinajstić information content (AvgIpc) is 3.14. The Balaban J connectivity index is 1.68. The van der Waals surface area contributed by atoms with E-state index in [1.165, 1.54) is 24.0 Å². The number of anilines is 2. The summed E-state index contributed by atoms with van der Waals surface area (Å²) in [5.74, 6) is 2.36. The molecule has 0 unspecified atom stereocenters. The highest BCUT2D eigenvalue weighted by Gasteiger charge is 2.21. The van der Waals surface area contributed by atoms with Crippen molar-refractivity contribution in [3.8, 4) is 11.4 Å². The molecule has 5 rings (SSSR count). The number of aromatic nitrogens is 4. The molecule has 1 aliphatic rings. The molecular weight excluding hydrogens is 334 g/mol. The molecule has 0 spiro atoms. The van der Waals surface area contributed by atoms with Gasteiger partial charge in [-0.2, -0.15) is 9.50 Å². The molecule has 2 aromatic carbocycles. The summed E-state index contributed by atoms with van der Waals surface area (Å²) in [6.07, 6.45) is 4.39. The molecule has 0 atom stereocenters. The Bertz CT molecular complexity index is 1100. The van der Waals surface area contributed by atoms with Gasteiger partial charge in [-0.05, 0) is 44.7 Å². The minimum atomic E-state index is 0.657. The summed E-state index contributed by atoms with van der Waals surface area (Å²) in [6, 6.07) is 18.5. The number of fused-ring (bicyclic) bond motifs is 2. The molecule has 0 radical (unpaired) electrons.